The average Bonchev–Trinajstić information content (AvgIpc) is 3.25. The topological polar surface area (TPSA) is 47.3 Å². The van der Waals surface area contributed by atoms with Crippen molar-refractivity contribution in [1.29, 1.82) is 0 Å². The molecule has 3 rings (SSSR count). The van der Waals surface area contributed by atoms with Crippen molar-refractivity contribution in [2.24, 2.45) is 17.8 Å². The molecular formula is C15H22N2O. The van der Waals surface area contributed by atoms with Gasteiger partial charge in [0.25, 0.3) is 0 Å². The van der Waals surface area contributed by atoms with Crippen LogP contribution in [0.1, 0.15) is 25.7 Å². The summed E-state index contributed by atoms with van der Waals surface area (Å²) < 4.78 is 5.24. The van der Waals surface area contributed by atoms with Crippen molar-refractivity contribution in [3.05, 3.63) is 18.2 Å². The molecule has 2 aliphatic carbocycles. The maximum Gasteiger partial charge on any atom is 0.121 e. The van der Waals surface area contributed by atoms with E-state index in [2.05, 4.69) is 5.32 Å². The summed E-state index contributed by atoms with van der Waals surface area (Å²) in [4.78, 5) is 0. The van der Waals surface area contributed by atoms with Gasteiger partial charge in [0.2, 0.25) is 0 Å². The van der Waals surface area contributed by atoms with Crippen LogP contribution in [0.4, 0.5) is 11.4 Å². The maximum absolute atomic E-state index is 6.00. The monoisotopic (exact) mass is 246 g/mol. The summed E-state index contributed by atoms with van der Waals surface area (Å²) in [6.07, 6.45) is 5.71. The van der Waals surface area contributed by atoms with Gasteiger partial charge in [-0.25, -0.2) is 0 Å². The molecule has 3 nitrogen and oxygen atoms in total. The van der Waals surface area contributed by atoms with Crippen LogP contribution in [0.2, 0.25) is 0 Å². The molecule has 2 fully saturated rings. The number of rotatable bonds is 6. The minimum Gasteiger partial charge on any atom is -0.497 e. The molecule has 0 amide bonds. The predicted octanol–water partition coefficient (Wildman–Crippen LogP) is 3.13. The van der Waals surface area contributed by atoms with Gasteiger partial charge in [-0.3, -0.25) is 0 Å². The van der Waals surface area contributed by atoms with Gasteiger partial charge < -0.3 is 15.8 Å². The summed E-state index contributed by atoms with van der Waals surface area (Å²) in [5.41, 5.74) is 7.82. The van der Waals surface area contributed by atoms with E-state index >= 15 is 0 Å². The molecule has 3 N–H and O–H groups in total. The number of benzene rings is 1. The number of hydrogen-bond donors (Lipinski definition) is 2. The van der Waals surface area contributed by atoms with E-state index in [4.69, 9.17) is 10.5 Å². The largest absolute Gasteiger partial charge is 0.497 e. The number of nitrogens with two attached hydrogens (primary N) is 1. The van der Waals surface area contributed by atoms with Crippen LogP contribution in [-0.2, 0) is 0 Å². The lowest BCUT2D eigenvalue weighted by Gasteiger charge is -2.18. The van der Waals surface area contributed by atoms with Crippen molar-refractivity contribution in [2.45, 2.75) is 25.7 Å². The first-order chi connectivity index (χ1) is 8.78. The molecule has 1 aromatic carbocycles. The van der Waals surface area contributed by atoms with Crippen molar-refractivity contribution in [3.63, 3.8) is 0 Å². The molecule has 0 heterocycles. The molecule has 0 radical (unpaired) electrons. The molecule has 0 aromatic heterocycles. The third-order valence-electron chi connectivity index (χ3n) is 4.24. The standard InChI is InChI=1S/C15H22N2O/c1-18-12-6-7-14(16)15(8-12)17-9-13(10-2-3-10)11-4-5-11/h6-8,10-11,13,17H,2-5,9,16H2,1H3. The van der Waals surface area contributed by atoms with Crippen molar-refractivity contribution in [3.8, 4) is 5.75 Å². The van der Waals surface area contributed by atoms with Gasteiger partial charge in [0.05, 0.1) is 18.5 Å². The molecule has 1 aromatic rings. The Morgan fingerprint density at radius 2 is 1.94 bits per heavy atom. The molecule has 0 spiro atoms. The van der Waals surface area contributed by atoms with E-state index < -0.39 is 0 Å². The van der Waals surface area contributed by atoms with Gasteiger partial charge in [-0.2, -0.15) is 0 Å². The zero-order valence-corrected chi connectivity index (χ0v) is 11.0. The fraction of sp³-hybridized carbons (Fsp3) is 0.600. The molecule has 0 unspecified atom stereocenters. The Morgan fingerprint density at radius 3 is 2.50 bits per heavy atom. The highest BCUT2D eigenvalue weighted by Gasteiger charge is 2.41. The normalized spacial score (nSPS) is 19.0. The molecule has 0 atom stereocenters. The van der Waals surface area contributed by atoms with Crippen LogP contribution in [0.3, 0.4) is 0 Å². The minimum absolute atomic E-state index is 0.807. The third kappa shape index (κ3) is 2.55. The highest BCUT2D eigenvalue weighted by atomic mass is 16.5. The number of ether oxygens (including phenoxy) is 1. The highest BCUT2D eigenvalue weighted by Crippen LogP contribution is 2.49. The zero-order valence-electron chi connectivity index (χ0n) is 11.0. The second-order valence-electron chi connectivity index (χ2n) is 5.67. The number of anilines is 2. The van der Waals surface area contributed by atoms with E-state index in [1.165, 1.54) is 25.7 Å². The van der Waals surface area contributed by atoms with Crippen LogP contribution < -0.4 is 15.8 Å². The Bertz CT molecular complexity index is 413. The number of methoxy groups -OCH3 is 1. The molecule has 3 heteroatoms. The first-order valence-electron chi connectivity index (χ1n) is 6.95. The molecule has 98 valence electrons. The Morgan fingerprint density at radius 1 is 1.28 bits per heavy atom. The third-order valence-corrected chi connectivity index (χ3v) is 4.24. The van der Waals surface area contributed by atoms with Crippen LogP contribution in [0.25, 0.3) is 0 Å². The summed E-state index contributed by atoms with van der Waals surface area (Å²) in [5.74, 6) is 3.66. The Kier molecular flexibility index (Phi) is 3.06. The van der Waals surface area contributed by atoms with Gasteiger partial charge in [-0.15, -0.1) is 0 Å². The van der Waals surface area contributed by atoms with Crippen molar-refractivity contribution in [2.75, 3.05) is 24.7 Å². The second kappa shape index (κ2) is 4.71. The number of nitrogen functional groups attached to an aromatic ring is 1. The Balaban J connectivity index is 1.64. The maximum atomic E-state index is 6.00. The molecule has 0 aliphatic heterocycles. The molecule has 0 saturated heterocycles. The molecule has 18 heavy (non-hydrogen) atoms. The summed E-state index contributed by atoms with van der Waals surface area (Å²) in [6.45, 7) is 1.06. The van der Waals surface area contributed by atoms with Crippen LogP contribution in [0.15, 0.2) is 18.2 Å². The smallest absolute Gasteiger partial charge is 0.121 e. The molecular weight excluding hydrogens is 224 g/mol. The van der Waals surface area contributed by atoms with E-state index in [0.29, 0.717) is 0 Å². The van der Waals surface area contributed by atoms with E-state index in [0.717, 1.165) is 41.4 Å². The van der Waals surface area contributed by atoms with Crippen molar-refractivity contribution < 1.29 is 4.74 Å². The van der Waals surface area contributed by atoms with Gasteiger partial charge in [-0.1, -0.05) is 0 Å². The second-order valence-corrected chi connectivity index (χ2v) is 5.67. The van der Waals surface area contributed by atoms with E-state index in [1.807, 2.05) is 18.2 Å². The van der Waals surface area contributed by atoms with Gasteiger partial charge in [0.15, 0.2) is 0 Å². The summed E-state index contributed by atoms with van der Waals surface area (Å²) in [6, 6.07) is 5.80. The summed E-state index contributed by atoms with van der Waals surface area (Å²) in [5, 5.41) is 3.53. The SMILES string of the molecule is COc1ccc(N)c(NCC(C2CC2)C2CC2)c1. The Hall–Kier alpha value is -1.38. The summed E-state index contributed by atoms with van der Waals surface area (Å²) >= 11 is 0. The van der Waals surface area contributed by atoms with Crippen LogP contribution in [0, 0.1) is 17.8 Å². The number of hydrogen-bond acceptors (Lipinski definition) is 3. The highest BCUT2D eigenvalue weighted by molar-refractivity contribution is 5.68. The van der Waals surface area contributed by atoms with E-state index in [-0.39, 0.29) is 0 Å². The minimum atomic E-state index is 0.807. The molecule has 2 saturated carbocycles. The summed E-state index contributed by atoms with van der Waals surface area (Å²) in [7, 11) is 1.69. The first-order valence-corrected chi connectivity index (χ1v) is 6.95. The van der Waals surface area contributed by atoms with Crippen molar-refractivity contribution >= 4 is 11.4 Å². The number of nitrogens with one attached hydrogen (secondary N) is 1. The first kappa shape index (κ1) is 11.7. The molecule has 0 bridgehead atoms. The average molecular weight is 246 g/mol. The lowest BCUT2D eigenvalue weighted by Crippen LogP contribution is -2.18. The predicted molar refractivity (Wildman–Crippen MR) is 74.8 cm³/mol. The fourth-order valence-corrected chi connectivity index (χ4v) is 2.81. The molecule has 2 aliphatic rings. The Labute approximate surface area is 109 Å². The van der Waals surface area contributed by atoms with Gasteiger partial charge in [0.1, 0.15) is 5.75 Å². The van der Waals surface area contributed by atoms with Crippen LogP contribution in [0.5, 0.6) is 5.75 Å². The quantitative estimate of drug-likeness (QED) is 0.758. The van der Waals surface area contributed by atoms with Gasteiger partial charge in [-0.05, 0) is 55.6 Å². The van der Waals surface area contributed by atoms with E-state index in [1.54, 1.807) is 7.11 Å². The fourth-order valence-electron chi connectivity index (χ4n) is 2.81. The van der Waals surface area contributed by atoms with Crippen molar-refractivity contribution in [1.82, 2.24) is 0 Å². The van der Waals surface area contributed by atoms with Gasteiger partial charge >= 0.3 is 0 Å². The van der Waals surface area contributed by atoms with E-state index in [9.17, 15) is 0 Å². The lowest BCUT2D eigenvalue weighted by molar-refractivity contribution is 0.414. The van der Waals surface area contributed by atoms with Gasteiger partial charge in [0, 0.05) is 12.6 Å². The van der Waals surface area contributed by atoms with Crippen LogP contribution in [-0.4, -0.2) is 13.7 Å². The lowest BCUT2D eigenvalue weighted by atomic mass is 9.98. The zero-order chi connectivity index (χ0) is 12.5. The van der Waals surface area contributed by atoms with Crippen LogP contribution >= 0.6 is 0 Å².